The van der Waals surface area contributed by atoms with Gasteiger partial charge in [-0.2, -0.15) is 0 Å². The summed E-state index contributed by atoms with van der Waals surface area (Å²) in [6.07, 6.45) is 4.89. The summed E-state index contributed by atoms with van der Waals surface area (Å²) in [6.45, 7) is 7.48. The van der Waals surface area contributed by atoms with E-state index in [1.54, 1.807) is 61.5 Å². The zero-order chi connectivity index (χ0) is 19.2. The highest BCUT2D eigenvalue weighted by Gasteiger charge is 2.17. The molecule has 136 valence electrons. The molecule has 0 saturated carbocycles. The van der Waals surface area contributed by atoms with Gasteiger partial charge >= 0.3 is 5.97 Å². The van der Waals surface area contributed by atoms with Crippen LogP contribution in [0.4, 0.5) is 5.69 Å². The highest BCUT2D eigenvalue weighted by atomic mass is 32.2. The summed E-state index contributed by atoms with van der Waals surface area (Å²) in [4.78, 5) is 12.1. The minimum atomic E-state index is -3.75. The first-order valence-corrected chi connectivity index (χ1v) is 9.55. The number of carbonyl (C=O) groups is 1. The Hall–Kier alpha value is -2.86. The number of rotatable bonds is 7. The second-order valence-electron chi connectivity index (χ2n) is 5.54. The van der Waals surface area contributed by atoms with Crippen molar-refractivity contribution in [2.24, 2.45) is 0 Å². The Balaban J connectivity index is 2.41. The van der Waals surface area contributed by atoms with E-state index < -0.39 is 16.0 Å². The molecule has 5 nitrogen and oxygen atoms in total. The molecular weight excluding hydrogens is 350 g/mol. The molecule has 0 heterocycles. The molecule has 1 N–H and O–H groups in total. The molecule has 6 heteroatoms. The molecule has 0 radical (unpaired) electrons. The monoisotopic (exact) mass is 371 g/mol. The van der Waals surface area contributed by atoms with Crippen LogP contribution in [0.15, 0.2) is 66.1 Å². The normalized spacial score (nSPS) is 11.3. The summed E-state index contributed by atoms with van der Waals surface area (Å²) in [5, 5.41) is 0. The van der Waals surface area contributed by atoms with Crippen LogP contribution in [0.3, 0.4) is 0 Å². The number of carbonyl (C=O) groups excluding carboxylic acids is 1. The maximum Gasteiger partial charge on any atom is 0.338 e. The minimum Gasteiger partial charge on any atom is -0.462 e. The van der Waals surface area contributed by atoms with E-state index in [-0.39, 0.29) is 11.5 Å². The van der Waals surface area contributed by atoms with Gasteiger partial charge in [-0.25, -0.2) is 13.2 Å². The molecule has 0 aliphatic heterocycles. The molecule has 0 aliphatic rings. The maximum absolute atomic E-state index is 12.6. The van der Waals surface area contributed by atoms with Crippen molar-refractivity contribution >= 4 is 27.8 Å². The topological polar surface area (TPSA) is 72.5 Å². The Bertz CT molecular complexity index is 929. The molecule has 0 bridgehead atoms. The van der Waals surface area contributed by atoms with Crippen LogP contribution >= 0.6 is 0 Å². The average Bonchev–Trinajstić information content (AvgIpc) is 2.61. The standard InChI is InChI=1S/C20H21NO4S/c1-4-6-7-16-14-17(20(22)25-5-2)10-13-19(16)21-26(23,24)18-11-8-15(3)9-12-18/h4,6-14,21H,1,5H2,2-3H3/b7-6-. The molecule has 2 aromatic carbocycles. The van der Waals surface area contributed by atoms with Crippen LogP contribution in [0.5, 0.6) is 0 Å². The van der Waals surface area contributed by atoms with Gasteiger partial charge in [0.15, 0.2) is 0 Å². The maximum atomic E-state index is 12.6. The molecule has 0 aliphatic carbocycles. The lowest BCUT2D eigenvalue weighted by atomic mass is 10.1. The Morgan fingerprint density at radius 2 is 1.88 bits per heavy atom. The van der Waals surface area contributed by atoms with Crippen LogP contribution in [0.1, 0.15) is 28.4 Å². The number of sulfonamides is 1. The summed E-state index contributed by atoms with van der Waals surface area (Å²) in [5.74, 6) is -0.464. The van der Waals surface area contributed by atoms with E-state index in [0.717, 1.165) is 5.56 Å². The predicted molar refractivity (Wildman–Crippen MR) is 104 cm³/mol. The lowest BCUT2D eigenvalue weighted by molar-refractivity contribution is 0.0526. The first kappa shape index (κ1) is 19.5. The Morgan fingerprint density at radius 3 is 2.50 bits per heavy atom. The lowest BCUT2D eigenvalue weighted by Crippen LogP contribution is -2.14. The number of esters is 1. The first-order chi connectivity index (χ1) is 12.4. The third-order valence-electron chi connectivity index (χ3n) is 3.55. The second-order valence-corrected chi connectivity index (χ2v) is 7.22. The zero-order valence-electron chi connectivity index (χ0n) is 14.7. The van der Waals surface area contributed by atoms with Gasteiger partial charge in [0.25, 0.3) is 10.0 Å². The van der Waals surface area contributed by atoms with Gasteiger partial charge in [0.2, 0.25) is 0 Å². The second kappa shape index (κ2) is 8.49. The van der Waals surface area contributed by atoms with E-state index in [4.69, 9.17) is 4.74 Å². The number of aryl methyl sites for hydroxylation is 1. The highest BCUT2D eigenvalue weighted by Crippen LogP contribution is 2.23. The molecule has 0 spiro atoms. The number of benzene rings is 2. The van der Waals surface area contributed by atoms with E-state index in [1.165, 1.54) is 6.07 Å². The SMILES string of the molecule is C=C/C=C\c1cc(C(=O)OCC)ccc1NS(=O)(=O)c1ccc(C)cc1. The molecular formula is C20H21NO4S. The first-order valence-electron chi connectivity index (χ1n) is 8.07. The lowest BCUT2D eigenvalue weighted by Gasteiger charge is -2.12. The van der Waals surface area contributed by atoms with Gasteiger partial charge in [0.05, 0.1) is 22.8 Å². The number of ether oxygens (including phenoxy) is 1. The molecule has 0 aromatic heterocycles. The van der Waals surface area contributed by atoms with Gasteiger partial charge in [-0.1, -0.05) is 42.5 Å². The number of nitrogens with one attached hydrogen (secondary N) is 1. The van der Waals surface area contributed by atoms with Crippen molar-refractivity contribution in [1.29, 1.82) is 0 Å². The van der Waals surface area contributed by atoms with Crippen LogP contribution in [-0.4, -0.2) is 21.0 Å². The van der Waals surface area contributed by atoms with Crippen LogP contribution < -0.4 is 4.72 Å². The smallest absolute Gasteiger partial charge is 0.338 e. The van der Waals surface area contributed by atoms with Crippen molar-refractivity contribution in [3.05, 3.63) is 77.9 Å². The molecule has 0 unspecified atom stereocenters. The van der Waals surface area contributed by atoms with Gasteiger partial charge in [0, 0.05) is 0 Å². The fraction of sp³-hybridized carbons (Fsp3) is 0.150. The average molecular weight is 371 g/mol. The van der Waals surface area contributed by atoms with Crippen molar-refractivity contribution in [2.45, 2.75) is 18.7 Å². The molecule has 0 saturated heterocycles. The minimum absolute atomic E-state index is 0.163. The molecule has 0 fully saturated rings. The molecule has 2 rings (SSSR count). The number of anilines is 1. The number of allylic oxidation sites excluding steroid dienone is 2. The predicted octanol–water partition coefficient (Wildman–Crippen LogP) is 4.17. The summed E-state index contributed by atoms with van der Waals surface area (Å²) >= 11 is 0. The zero-order valence-corrected chi connectivity index (χ0v) is 15.5. The Kier molecular flexibility index (Phi) is 6.36. The van der Waals surface area contributed by atoms with Crippen molar-refractivity contribution in [3.63, 3.8) is 0 Å². The van der Waals surface area contributed by atoms with Crippen LogP contribution in [0.25, 0.3) is 6.08 Å². The van der Waals surface area contributed by atoms with Crippen molar-refractivity contribution in [3.8, 4) is 0 Å². The van der Waals surface area contributed by atoms with E-state index >= 15 is 0 Å². The van der Waals surface area contributed by atoms with E-state index in [1.807, 2.05) is 6.92 Å². The fourth-order valence-corrected chi connectivity index (χ4v) is 3.32. The summed E-state index contributed by atoms with van der Waals surface area (Å²) in [7, 11) is -3.75. The van der Waals surface area contributed by atoms with Crippen molar-refractivity contribution in [2.75, 3.05) is 11.3 Å². The summed E-state index contributed by atoms with van der Waals surface area (Å²) < 4.78 is 32.8. The van der Waals surface area contributed by atoms with E-state index in [9.17, 15) is 13.2 Å². The van der Waals surface area contributed by atoms with Gasteiger partial charge in [-0.15, -0.1) is 0 Å². The summed E-state index contributed by atoms with van der Waals surface area (Å²) in [5.41, 5.74) is 2.20. The van der Waals surface area contributed by atoms with Crippen LogP contribution in [-0.2, 0) is 14.8 Å². The van der Waals surface area contributed by atoms with Crippen LogP contribution in [0.2, 0.25) is 0 Å². The fourth-order valence-electron chi connectivity index (χ4n) is 2.23. The van der Waals surface area contributed by atoms with Gasteiger partial charge in [0.1, 0.15) is 0 Å². The molecule has 0 atom stereocenters. The molecule has 26 heavy (non-hydrogen) atoms. The highest BCUT2D eigenvalue weighted by molar-refractivity contribution is 7.92. The van der Waals surface area contributed by atoms with Crippen molar-refractivity contribution < 1.29 is 17.9 Å². The van der Waals surface area contributed by atoms with Gasteiger partial charge in [-0.05, 0) is 49.7 Å². The van der Waals surface area contributed by atoms with Crippen LogP contribution in [0, 0.1) is 6.92 Å². The molecule has 2 aromatic rings. The Morgan fingerprint density at radius 1 is 1.19 bits per heavy atom. The third kappa shape index (κ3) is 4.83. The van der Waals surface area contributed by atoms with Crippen molar-refractivity contribution in [1.82, 2.24) is 0 Å². The summed E-state index contributed by atoms with van der Waals surface area (Å²) in [6, 6.07) is 11.2. The third-order valence-corrected chi connectivity index (χ3v) is 4.93. The number of hydrogen-bond acceptors (Lipinski definition) is 4. The van der Waals surface area contributed by atoms with Gasteiger partial charge in [-0.3, -0.25) is 4.72 Å². The quantitative estimate of drug-likeness (QED) is 0.586. The van der Waals surface area contributed by atoms with E-state index in [0.29, 0.717) is 16.8 Å². The Labute approximate surface area is 154 Å². The number of hydrogen-bond donors (Lipinski definition) is 1. The molecule has 0 amide bonds. The largest absolute Gasteiger partial charge is 0.462 e. The van der Waals surface area contributed by atoms with Gasteiger partial charge < -0.3 is 4.74 Å². The van der Waals surface area contributed by atoms with E-state index in [2.05, 4.69) is 11.3 Å².